The third-order valence-electron chi connectivity index (χ3n) is 5.08. The molecule has 3 heteroatoms. The second-order valence-corrected chi connectivity index (χ2v) is 7.13. The summed E-state index contributed by atoms with van der Waals surface area (Å²) >= 11 is 0. The molecule has 0 amide bonds. The van der Waals surface area contributed by atoms with Gasteiger partial charge in [0.05, 0.1) is 5.56 Å². The molecule has 2 aromatic carbocycles. The lowest BCUT2D eigenvalue weighted by atomic mass is 9.93. The molecule has 0 radical (unpaired) electrons. The predicted molar refractivity (Wildman–Crippen MR) is 104 cm³/mol. The van der Waals surface area contributed by atoms with Gasteiger partial charge in [-0.1, -0.05) is 19.9 Å². The van der Waals surface area contributed by atoms with Crippen LogP contribution in [0, 0.1) is 18.3 Å². The Balaban J connectivity index is 2.12. The summed E-state index contributed by atoms with van der Waals surface area (Å²) in [5, 5.41) is 11.8. The van der Waals surface area contributed by atoms with Gasteiger partial charge in [-0.3, -0.25) is 0 Å². The molecular formula is C23H21N2O+. The first-order valence-electron chi connectivity index (χ1n) is 8.86. The number of pyridine rings is 1. The minimum atomic E-state index is 0.288. The molecule has 0 saturated heterocycles. The topological polar surface area (TPSA) is 40.8 Å². The highest BCUT2D eigenvalue weighted by Crippen LogP contribution is 2.37. The van der Waals surface area contributed by atoms with Crippen LogP contribution in [0.1, 0.15) is 36.5 Å². The Morgan fingerprint density at radius 3 is 2.58 bits per heavy atom. The molecule has 0 aliphatic rings. The molecule has 0 aliphatic carbocycles. The fraction of sp³-hybridized carbons (Fsp3) is 0.217. The van der Waals surface area contributed by atoms with Crippen LogP contribution in [0.2, 0.25) is 0 Å². The first kappa shape index (κ1) is 16.4. The fourth-order valence-corrected chi connectivity index (χ4v) is 3.71. The van der Waals surface area contributed by atoms with Gasteiger partial charge in [-0.25, -0.2) is 4.57 Å². The van der Waals surface area contributed by atoms with E-state index in [-0.39, 0.29) is 5.92 Å². The zero-order chi connectivity index (χ0) is 18.4. The normalized spacial score (nSPS) is 11.4. The molecule has 0 fully saturated rings. The maximum atomic E-state index is 9.83. The van der Waals surface area contributed by atoms with E-state index in [0.717, 1.165) is 49.9 Å². The largest absolute Gasteiger partial charge is 0.456 e. The lowest BCUT2D eigenvalue weighted by molar-refractivity contribution is -0.660. The molecule has 26 heavy (non-hydrogen) atoms. The van der Waals surface area contributed by atoms with E-state index < -0.39 is 0 Å². The molecule has 4 rings (SSSR count). The van der Waals surface area contributed by atoms with Gasteiger partial charge in [0.2, 0.25) is 5.69 Å². The molecule has 2 aromatic heterocycles. The van der Waals surface area contributed by atoms with E-state index in [2.05, 4.69) is 49.6 Å². The lowest BCUT2D eigenvalue weighted by Crippen LogP contribution is -2.30. The van der Waals surface area contributed by atoms with Crippen molar-refractivity contribution in [2.24, 2.45) is 7.05 Å². The summed E-state index contributed by atoms with van der Waals surface area (Å²) in [6.07, 6.45) is 2.05. The van der Waals surface area contributed by atoms with E-state index >= 15 is 0 Å². The summed E-state index contributed by atoms with van der Waals surface area (Å²) in [6.45, 7) is 6.33. The van der Waals surface area contributed by atoms with Crippen LogP contribution in [0.5, 0.6) is 0 Å². The van der Waals surface area contributed by atoms with Crippen molar-refractivity contribution < 1.29 is 8.98 Å². The van der Waals surface area contributed by atoms with Crippen LogP contribution in [0.15, 0.2) is 53.1 Å². The van der Waals surface area contributed by atoms with Gasteiger partial charge >= 0.3 is 0 Å². The van der Waals surface area contributed by atoms with Crippen LogP contribution in [0.25, 0.3) is 33.2 Å². The van der Waals surface area contributed by atoms with Gasteiger partial charge in [-0.15, -0.1) is 0 Å². The summed E-state index contributed by atoms with van der Waals surface area (Å²) in [7, 11) is 2.05. The molecule has 0 aliphatic heterocycles. The second-order valence-electron chi connectivity index (χ2n) is 7.13. The maximum absolute atomic E-state index is 9.83. The highest BCUT2D eigenvalue weighted by molar-refractivity contribution is 6.09. The zero-order valence-electron chi connectivity index (χ0n) is 15.5. The van der Waals surface area contributed by atoms with Crippen molar-refractivity contribution >= 4 is 21.9 Å². The number of hydrogen-bond donors (Lipinski definition) is 0. The van der Waals surface area contributed by atoms with E-state index in [1.807, 2.05) is 37.5 Å². The smallest absolute Gasteiger partial charge is 0.212 e. The number of benzene rings is 2. The minimum absolute atomic E-state index is 0.288. The van der Waals surface area contributed by atoms with Crippen LogP contribution in [0.3, 0.4) is 0 Å². The van der Waals surface area contributed by atoms with Crippen molar-refractivity contribution in [3.63, 3.8) is 0 Å². The number of furan rings is 1. The zero-order valence-corrected chi connectivity index (χ0v) is 15.5. The molecule has 2 heterocycles. The molecule has 0 N–H and O–H groups in total. The molecule has 0 unspecified atom stereocenters. The molecule has 0 spiro atoms. The number of nitriles is 1. The molecule has 128 valence electrons. The summed E-state index contributed by atoms with van der Waals surface area (Å²) in [4.78, 5) is 0. The maximum Gasteiger partial charge on any atom is 0.212 e. The predicted octanol–water partition coefficient (Wildman–Crippen LogP) is 5.38. The molecule has 3 nitrogen and oxygen atoms in total. The van der Waals surface area contributed by atoms with Gasteiger partial charge in [-0.05, 0) is 48.2 Å². The van der Waals surface area contributed by atoms with Gasteiger partial charge in [0.25, 0.3) is 0 Å². The Morgan fingerprint density at radius 2 is 1.88 bits per heavy atom. The van der Waals surface area contributed by atoms with Crippen LogP contribution >= 0.6 is 0 Å². The van der Waals surface area contributed by atoms with Crippen molar-refractivity contribution in [3.8, 4) is 17.3 Å². The third-order valence-corrected chi connectivity index (χ3v) is 5.08. The minimum Gasteiger partial charge on any atom is -0.456 e. The Morgan fingerprint density at radius 1 is 1.08 bits per heavy atom. The highest BCUT2D eigenvalue weighted by atomic mass is 16.3. The van der Waals surface area contributed by atoms with E-state index in [9.17, 15) is 5.26 Å². The summed E-state index contributed by atoms with van der Waals surface area (Å²) < 4.78 is 8.19. The van der Waals surface area contributed by atoms with Gasteiger partial charge in [0.15, 0.2) is 6.20 Å². The fourth-order valence-electron chi connectivity index (χ4n) is 3.71. The summed E-state index contributed by atoms with van der Waals surface area (Å²) in [5.41, 5.74) is 6.84. The number of fused-ring (bicyclic) bond motifs is 3. The van der Waals surface area contributed by atoms with E-state index in [1.54, 1.807) is 0 Å². The number of rotatable bonds is 2. The average Bonchev–Trinajstić information content (AvgIpc) is 2.98. The number of hydrogen-bond acceptors (Lipinski definition) is 2. The van der Waals surface area contributed by atoms with E-state index in [1.165, 1.54) is 0 Å². The quantitative estimate of drug-likeness (QED) is 0.459. The first-order valence-corrected chi connectivity index (χ1v) is 8.86. The first-order chi connectivity index (χ1) is 12.5. The van der Waals surface area contributed by atoms with Crippen molar-refractivity contribution in [2.45, 2.75) is 26.7 Å². The van der Waals surface area contributed by atoms with Crippen LogP contribution in [-0.4, -0.2) is 0 Å². The number of aromatic nitrogens is 1. The molecule has 0 atom stereocenters. The van der Waals surface area contributed by atoms with E-state index in [0.29, 0.717) is 0 Å². The molecular weight excluding hydrogens is 320 g/mol. The third kappa shape index (κ3) is 2.38. The highest BCUT2D eigenvalue weighted by Gasteiger charge is 2.19. The van der Waals surface area contributed by atoms with Crippen molar-refractivity contribution in [2.75, 3.05) is 0 Å². The average molecular weight is 341 g/mol. The van der Waals surface area contributed by atoms with Gasteiger partial charge in [0, 0.05) is 28.5 Å². The Kier molecular flexibility index (Phi) is 3.77. The van der Waals surface area contributed by atoms with Crippen molar-refractivity contribution in [1.82, 2.24) is 0 Å². The van der Waals surface area contributed by atoms with Gasteiger partial charge < -0.3 is 4.42 Å². The van der Waals surface area contributed by atoms with Gasteiger partial charge in [0.1, 0.15) is 24.3 Å². The van der Waals surface area contributed by atoms with Crippen molar-refractivity contribution in [3.05, 3.63) is 65.4 Å². The Bertz CT molecular complexity index is 1190. The van der Waals surface area contributed by atoms with Crippen LogP contribution < -0.4 is 4.57 Å². The van der Waals surface area contributed by atoms with Crippen LogP contribution in [0.4, 0.5) is 0 Å². The lowest BCUT2D eigenvalue weighted by Gasteiger charge is -2.08. The number of aryl methyl sites for hydroxylation is 2. The molecule has 4 aromatic rings. The van der Waals surface area contributed by atoms with Crippen LogP contribution in [-0.2, 0) is 7.05 Å². The number of nitrogens with zero attached hydrogens (tertiary/aromatic N) is 2. The molecule has 0 bridgehead atoms. The Hall–Kier alpha value is -3.12. The van der Waals surface area contributed by atoms with E-state index in [4.69, 9.17) is 4.42 Å². The Labute approximate surface area is 153 Å². The second kappa shape index (κ2) is 6.00. The molecule has 0 saturated carbocycles. The van der Waals surface area contributed by atoms with Gasteiger partial charge in [-0.2, -0.15) is 5.26 Å². The standard InChI is InChI=1S/C23H21N2O/c1-14(2)16-8-9-21-23(19(16)13-24)18-12-17(15(3)11-22(18)26-21)20-7-5-6-10-25(20)4/h5-12,14H,1-4H3/q+1. The SMILES string of the molecule is Cc1cc2oc3ccc(C(C)C)c(C#N)c3c2cc1-c1cccc[n+]1C. The van der Waals surface area contributed by atoms with Crippen molar-refractivity contribution in [1.29, 1.82) is 5.26 Å². The summed E-state index contributed by atoms with van der Waals surface area (Å²) in [5.74, 6) is 0.288. The monoisotopic (exact) mass is 341 g/mol. The summed E-state index contributed by atoms with van der Waals surface area (Å²) in [6, 6.07) is 16.8.